The Balaban J connectivity index is 2.35. The van der Waals surface area contributed by atoms with Gasteiger partial charge in [0, 0.05) is 0 Å². The van der Waals surface area contributed by atoms with Crippen molar-refractivity contribution in [1.82, 2.24) is 0 Å². The van der Waals surface area contributed by atoms with E-state index in [2.05, 4.69) is 44.2 Å². The van der Waals surface area contributed by atoms with Gasteiger partial charge in [-0.15, -0.1) is 0 Å². The number of hydrogen-bond acceptors (Lipinski definition) is 1. The van der Waals surface area contributed by atoms with Crippen molar-refractivity contribution in [2.24, 2.45) is 0 Å². The van der Waals surface area contributed by atoms with E-state index in [1.807, 2.05) is 0 Å². The molecule has 1 aromatic carbocycles. The summed E-state index contributed by atoms with van der Waals surface area (Å²) in [5.41, 5.74) is 1.90. The Kier molecular flexibility index (Phi) is 7.40. The average Bonchev–Trinajstić information content (AvgIpc) is 2.30. The summed E-state index contributed by atoms with van der Waals surface area (Å²) in [5.74, 6) is 0. The third kappa shape index (κ3) is 5.41. The van der Waals surface area contributed by atoms with Crippen LogP contribution in [0.2, 0.25) is 8.87 Å². The van der Waals surface area contributed by atoms with Crippen molar-refractivity contribution in [3.05, 3.63) is 35.9 Å². The molecule has 0 N–H and O–H groups in total. The van der Waals surface area contributed by atoms with Gasteiger partial charge in [0.25, 0.3) is 0 Å². The molecule has 0 aromatic heterocycles. The molecule has 88 valence electrons. The van der Waals surface area contributed by atoms with Crippen molar-refractivity contribution < 1.29 is 3.07 Å². The fraction of sp³-hybridized carbons (Fsp3) is 0.538. The predicted octanol–water partition coefficient (Wildman–Crippen LogP) is 2.19. The molecular weight excluding hydrogens is 410 g/mol. The zero-order valence-electron chi connectivity index (χ0n) is 10.4. The van der Waals surface area contributed by atoms with Crippen LogP contribution in [-0.2, 0) is 8.49 Å². The van der Waals surface area contributed by atoms with Crippen molar-refractivity contribution in [3.63, 3.8) is 0 Å². The van der Waals surface area contributed by atoms with Crippen molar-refractivity contribution in [3.8, 4) is 0 Å². The summed E-state index contributed by atoms with van der Waals surface area (Å²) in [6, 6.07) is 10.9. The average molecular weight is 432 g/mol. The first-order valence-corrected chi connectivity index (χ1v) is 12.2. The molecule has 0 amide bonds. The van der Waals surface area contributed by atoms with E-state index in [0.29, 0.717) is 28.4 Å². The van der Waals surface area contributed by atoms with Crippen LogP contribution in [0.4, 0.5) is 0 Å². The molecule has 16 heavy (non-hydrogen) atoms. The maximum absolute atomic E-state index is 5.26. The normalized spacial score (nSPS) is 11.7. The molecule has 2 radical (unpaired) electrons. The fourth-order valence-corrected chi connectivity index (χ4v) is 7.00. The van der Waals surface area contributed by atoms with Gasteiger partial charge in [-0.1, -0.05) is 0 Å². The molecule has 3 heteroatoms. The van der Waals surface area contributed by atoms with E-state index >= 15 is 0 Å². The molecule has 0 atom stereocenters. The second-order valence-corrected chi connectivity index (χ2v) is 10.4. The molecule has 1 aromatic rings. The van der Waals surface area contributed by atoms with Gasteiger partial charge in [0.05, 0.1) is 0 Å². The minimum atomic E-state index is -0.367. The first-order chi connectivity index (χ1) is 7.67. The van der Waals surface area contributed by atoms with E-state index < -0.39 is 0 Å². The van der Waals surface area contributed by atoms with Crippen molar-refractivity contribution in [1.29, 1.82) is 0 Å². The third-order valence-corrected chi connectivity index (χ3v) is 9.80. The van der Waals surface area contributed by atoms with Gasteiger partial charge >= 0.3 is 124 Å². The van der Waals surface area contributed by atoms with E-state index in [1.165, 1.54) is 20.9 Å². The molecule has 0 unspecified atom stereocenters. The zero-order valence-corrected chi connectivity index (χ0v) is 17.7. The van der Waals surface area contributed by atoms with Gasteiger partial charge in [0.15, 0.2) is 0 Å². The maximum atomic E-state index is 5.26. The topological polar surface area (TPSA) is 9.23 Å². The molecule has 0 saturated heterocycles. The van der Waals surface area contributed by atoms with Gasteiger partial charge in [-0.25, -0.2) is 0 Å². The van der Waals surface area contributed by atoms with Crippen molar-refractivity contribution in [2.75, 3.05) is 6.61 Å². The number of rotatable bonds is 7. The van der Waals surface area contributed by atoms with Crippen LogP contribution in [0.15, 0.2) is 30.3 Å². The van der Waals surface area contributed by atoms with E-state index in [4.69, 9.17) is 3.07 Å². The molecule has 0 saturated carbocycles. The molecule has 0 fully saturated rings. The summed E-state index contributed by atoms with van der Waals surface area (Å²) in [5, 5.41) is 0. The summed E-state index contributed by atoms with van der Waals surface area (Å²) in [7, 11) is 0. The van der Waals surface area contributed by atoms with Gasteiger partial charge < -0.3 is 0 Å². The molecule has 1 nitrogen and oxygen atoms in total. The zero-order chi connectivity index (χ0) is 11.9. The van der Waals surface area contributed by atoms with Crippen molar-refractivity contribution in [2.45, 2.75) is 34.6 Å². The van der Waals surface area contributed by atoms with Crippen LogP contribution in [0.3, 0.4) is 0 Å². The van der Waals surface area contributed by atoms with E-state index in [0.717, 1.165) is 6.61 Å². The van der Waals surface area contributed by atoms with E-state index in [1.54, 1.807) is 0 Å². The fourth-order valence-electron chi connectivity index (χ4n) is 1.80. The predicted molar refractivity (Wildman–Crippen MR) is 75.3 cm³/mol. The molecule has 0 aliphatic carbocycles. The Morgan fingerprint density at radius 3 is 2.56 bits per heavy atom. The van der Waals surface area contributed by atoms with Crippen LogP contribution in [-0.4, -0.2) is 50.7 Å². The monoisotopic (exact) mass is 434 g/mol. The van der Waals surface area contributed by atoms with E-state index in [-0.39, 0.29) is 21.1 Å². The second kappa shape index (κ2) is 7.98. The van der Waals surface area contributed by atoms with Crippen LogP contribution >= 0.6 is 0 Å². The van der Waals surface area contributed by atoms with Crippen LogP contribution in [0.25, 0.3) is 0 Å². The number of hydrogen-bond donors (Lipinski definition) is 0. The summed E-state index contributed by atoms with van der Waals surface area (Å²) >= 11 is 0.332. The minimum absolute atomic E-state index is 0.367. The van der Waals surface area contributed by atoms with Gasteiger partial charge in [0.2, 0.25) is 0 Å². The summed E-state index contributed by atoms with van der Waals surface area (Å²) < 4.78 is 8.20. The first-order valence-electron chi connectivity index (χ1n) is 5.91. The molecular formula is C13H22OSn2. The second-order valence-electron chi connectivity index (χ2n) is 4.79. The Hall–Kier alpha value is 0.777. The molecule has 1 rings (SSSR count). The number of benzene rings is 1. The standard InChI is InChI=1S/C10H13.C3H6O.2Sn.3H/c1-10(2,3)9-7-5-4-6-8-9;1-2-3-4;;;;;/h4-8H,1H2,2-3H3;1-3H2;;;;;/q;-1;;+1;;;. The molecule has 0 spiro atoms. The van der Waals surface area contributed by atoms with Gasteiger partial charge in [-0.2, -0.15) is 0 Å². The van der Waals surface area contributed by atoms with Crippen molar-refractivity contribution >= 4 is 44.1 Å². The van der Waals surface area contributed by atoms with Crippen LogP contribution in [0.5, 0.6) is 0 Å². The summed E-state index contributed by atoms with van der Waals surface area (Å²) in [6.45, 7) is 5.79. The molecule has 0 aliphatic heterocycles. The van der Waals surface area contributed by atoms with Crippen LogP contribution < -0.4 is 0 Å². The Morgan fingerprint density at radius 1 is 1.25 bits per heavy atom. The molecule has 0 aliphatic rings. The Morgan fingerprint density at radius 2 is 1.94 bits per heavy atom. The molecule has 0 bridgehead atoms. The van der Waals surface area contributed by atoms with Crippen LogP contribution in [0.1, 0.15) is 25.8 Å². The third-order valence-electron chi connectivity index (χ3n) is 2.91. The summed E-state index contributed by atoms with van der Waals surface area (Å²) in [4.78, 5) is 0. The summed E-state index contributed by atoms with van der Waals surface area (Å²) in [6.07, 6.45) is 1.31. The Bertz CT molecular complexity index is 285. The van der Waals surface area contributed by atoms with Gasteiger partial charge in [-0.3, -0.25) is 0 Å². The quantitative estimate of drug-likeness (QED) is 0.475. The first kappa shape index (κ1) is 14.8. The Labute approximate surface area is 123 Å². The van der Waals surface area contributed by atoms with Gasteiger partial charge in [0.1, 0.15) is 0 Å². The van der Waals surface area contributed by atoms with E-state index in [9.17, 15) is 0 Å². The van der Waals surface area contributed by atoms with Crippen LogP contribution in [0, 0.1) is 0 Å². The SMILES string of the molecule is CC(C)([CH2][SnH][CH2]CC[O][SnH2])c1ccccc1. The van der Waals surface area contributed by atoms with Gasteiger partial charge in [-0.05, 0) is 0 Å². The molecule has 0 heterocycles.